The van der Waals surface area contributed by atoms with Crippen LogP contribution in [0.3, 0.4) is 0 Å². The summed E-state index contributed by atoms with van der Waals surface area (Å²) in [5.41, 5.74) is 5.05. The molecular formula is C24H23F3IN5O2S. The number of hydroxylamine groups is 1. The average Bonchev–Trinajstić information content (AvgIpc) is 3.59. The zero-order valence-corrected chi connectivity index (χ0v) is 22.2. The van der Waals surface area contributed by atoms with E-state index in [0.29, 0.717) is 18.8 Å². The van der Waals surface area contributed by atoms with Gasteiger partial charge in [0, 0.05) is 33.7 Å². The summed E-state index contributed by atoms with van der Waals surface area (Å²) in [5, 5.41) is 6.58. The van der Waals surface area contributed by atoms with Crippen LogP contribution in [0.1, 0.15) is 52.5 Å². The van der Waals surface area contributed by atoms with Crippen LogP contribution in [0.25, 0.3) is 5.70 Å². The molecule has 2 aromatic heterocycles. The second-order valence-electron chi connectivity index (χ2n) is 8.83. The van der Waals surface area contributed by atoms with E-state index in [4.69, 9.17) is 9.82 Å². The number of aromatic nitrogens is 3. The number of benzene rings is 1. The number of carbonyl (C=O) groups excluding carboxylic acids is 1. The standard InChI is InChI=1S/C24H23F3IN5O2S/c1-14-9-21(24(25,26)27)30-33(14)12-22(34)32-7-5-15(6-8-32)23-29-19(13-36-23)18-11-20(35-31-18)16-3-2-4-17(28)10-16/h2-4,9-11,13,15,20,31H,5-8,12H2,1H3. The maximum Gasteiger partial charge on any atom is 0.435 e. The van der Waals surface area contributed by atoms with Crippen LogP contribution < -0.4 is 5.48 Å². The van der Waals surface area contributed by atoms with Crippen molar-refractivity contribution in [3.05, 3.63) is 73.0 Å². The third-order valence-corrected chi connectivity index (χ3v) is 8.02. The number of hydrogen-bond acceptors (Lipinski definition) is 6. The van der Waals surface area contributed by atoms with Gasteiger partial charge >= 0.3 is 6.18 Å². The van der Waals surface area contributed by atoms with Gasteiger partial charge in [-0.05, 0) is 72.2 Å². The lowest BCUT2D eigenvalue weighted by Crippen LogP contribution is -2.40. The van der Waals surface area contributed by atoms with Gasteiger partial charge in [-0.2, -0.15) is 18.3 Å². The highest BCUT2D eigenvalue weighted by Crippen LogP contribution is 2.34. The van der Waals surface area contributed by atoms with Crippen LogP contribution >= 0.6 is 33.9 Å². The number of carbonyl (C=O) groups is 1. The maximum absolute atomic E-state index is 12.9. The molecule has 1 fully saturated rings. The maximum atomic E-state index is 12.9. The van der Waals surface area contributed by atoms with E-state index in [-0.39, 0.29) is 24.5 Å². The molecule has 0 saturated carbocycles. The van der Waals surface area contributed by atoms with Crippen LogP contribution in [-0.2, 0) is 22.4 Å². The van der Waals surface area contributed by atoms with Crippen LogP contribution in [0.4, 0.5) is 13.2 Å². The number of nitrogens with zero attached hydrogens (tertiary/aromatic N) is 4. The molecule has 2 aliphatic heterocycles. The summed E-state index contributed by atoms with van der Waals surface area (Å²) < 4.78 is 41.0. The van der Waals surface area contributed by atoms with Gasteiger partial charge in [-0.25, -0.2) is 4.98 Å². The van der Waals surface area contributed by atoms with Gasteiger partial charge in [0.05, 0.1) is 16.4 Å². The Morgan fingerprint density at radius 2 is 2.06 bits per heavy atom. The van der Waals surface area contributed by atoms with Crippen molar-refractivity contribution >= 4 is 45.5 Å². The molecule has 0 bridgehead atoms. The molecule has 1 aromatic carbocycles. The van der Waals surface area contributed by atoms with Crippen molar-refractivity contribution in [1.29, 1.82) is 0 Å². The van der Waals surface area contributed by atoms with E-state index in [1.54, 1.807) is 16.2 Å². The molecule has 1 unspecified atom stereocenters. The Hall–Kier alpha value is -2.45. The Balaban J connectivity index is 1.18. The lowest BCUT2D eigenvalue weighted by atomic mass is 9.97. The molecule has 1 N–H and O–H groups in total. The van der Waals surface area contributed by atoms with Crippen LogP contribution in [0.5, 0.6) is 0 Å². The van der Waals surface area contributed by atoms with Gasteiger partial charge in [-0.1, -0.05) is 12.1 Å². The lowest BCUT2D eigenvalue weighted by Gasteiger charge is -2.31. The minimum Gasteiger partial charge on any atom is -0.341 e. The summed E-state index contributed by atoms with van der Waals surface area (Å²) in [6.07, 6.45) is -1.19. The van der Waals surface area contributed by atoms with Crippen molar-refractivity contribution in [1.82, 2.24) is 25.1 Å². The van der Waals surface area contributed by atoms with E-state index >= 15 is 0 Å². The molecule has 0 aliphatic carbocycles. The molecule has 0 spiro atoms. The fraction of sp³-hybridized carbons (Fsp3) is 0.375. The van der Waals surface area contributed by atoms with Crippen molar-refractivity contribution < 1.29 is 22.8 Å². The Kier molecular flexibility index (Phi) is 7.10. The van der Waals surface area contributed by atoms with Crippen molar-refractivity contribution in [3.63, 3.8) is 0 Å². The minimum atomic E-state index is -4.53. The minimum absolute atomic E-state index is 0.181. The van der Waals surface area contributed by atoms with Crippen LogP contribution in [-0.4, -0.2) is 38.7 Å². The average molecular weight is 629 g/mol. The number of hydrogen-bond donors (Lipinski definition) is 1. The molecule has 7 nitrogen and oxygen atoms in total. The van der Waals surface area contributed by atoms with Gasteiger partial charge in [0.25, 0.3) is 0 Å². The zero-order valence-electron chi connectivity index (χ0n) is 19.3. The Bertz CT molecular complexity index is 1300. The molecule has 1 saturated heterocycles. The summed E-state index contributed by atoms with van der Waals surface area (Å²) in [6, 6.07) is 9.10. The highest BCUT2D eigenvalue weighted by Gasteiger charge is 2.35. The number of rotatable bonds is 5. The third-order valence-electron chi connectivity index (χ3n) is 6.34. The molecule has 1 atom stereocenters. The Morgan fingerprint density at radius 1 is 1.28 bits per heavy atom. The van der Waals surface area contributed by atoms with Crippen molar-refractivity contribution in [2.45, 2.75) is 44.5 Å². The molecule has 4 heterocycles. The normalized spacial score (nSPS) is 18.9. The molecule has 190 valence electrons. The Morgan fingerprint density at radius 3 is 2.75 bits per heavy atom. The number of nitrogens with one attached hydrogen (secondary N) is 1. The Labute approximate surface area is 223 Å². The van der Waals surface area contributed by atoms with Gasteiger partial charge in [-0.3, -0.25) is 19.8 Å². The summed E-state index contributed by atoms with van der Waals surface area (Å²) in [6.45, 7) is 2.38. The van der Waals surface area contributed by atoms with Gasteiger partial charge in [-0.15, -0.1) is 11.3 Å². The second-order valence-corrected chi connectivity index (χ2v) is 11.0. The van der Waals surface area contributed by atoms with E-state index in [9.17, 15) is 18.0 Å². The first-order valence-corrected chi connectivity index (χ1v) is 13.4. The quantitative estimate of drug-likeness (QED) is 0.389. The van der Waals surface area contributed by atoms with Gasteiger partial charge in [0.2, 0.25) is 5.91 Å². The fourth-order valence-corrected chi connectivity index (χ4v) is 5.90. The van der Waals surface area contributed by atoms with Crippen LogP contribution in [0, 0.1) is 10.5 Å². The van der Waals surface area contributed by atoms with Crippen molar-refractivity contribution in [3.8, 4) is 0 Å². The number of likely N-dealkylation sites (tertiary alicyclic amines) is 1. The molecule has 5 rings (SSSR count). The second kappa shape index (κ2) is 10.1. The number of amides is 1. The predicted octanol–water partition coefficient (Wildman–Crippen LogP) is 5.29. The lowest BCUT2D eigenvalue weighted by molar-refractivity contribution is -0.142. The van der Waals surface area contributed by atoms with E-state index in [1.165, 1.54) is 6.92 Å². The third kappa shape index (κ3) is 5.44. The molecular weight excluding hydrogens is 606 g/mol. The van der Waals surface area contributed by atoms with Gasteiger partial charge in [0.15, 0.2) is 5.69 Å². The van der Waals surface area contributed by atoms with Crippen LogP contribution in [0.2, 0.25) is 0 Å². The van der Waals surface area contributed by atoms with Crippen LogP contribution in [0.15, 0.2) is 41.8 Å². The molecule has 36 heavy (non-hydrogen) atoms. The van der Waals surface area contributed by atoms with E-state index < -0.39 is 11.9 Å². The largest absolute Gasteiger partial charge is 0.435 e. The van der Waals surface area contributed by atoms with Gasteiger partial charge in [0.1, 0.15) is 12.6 Å². The topological polar surface area (TPSA) is 72.3 Å². The fourth-order valence-electron chi connectivity index (χ4n) is 4.34. The van der Waals surface area contributed by atoms with Crippen molar-refractivity contribution in [2.75, 3.05) is 13.1 Å². The van der Waals surface area contributed by atoms with E-state index in [0.717, 1.165) is 49.1 Å². The highest BCUT2D eigenvalue weighted by molar-refractivity contribution is 14.1. The predicted molar refractivity (Wildman–Crippen MR) is 137 cm³/mol. The molecule has 2 aliphatic rings. The summed E-state index contributed by atoms with van der Waals surface area (Å²) in [5.74, 6) is -0.00207. The van der Waals surface area contributed by atoms with E-state index in [2.05, 4.69) is 39.2 Å². The summed E-state index contributed by atoms with van der Waals surface area (Å²) in [4.78, 5) is 25.0. The first kappa shape index (κ1) is 25.2. The number of halogens is 4. The summed E-state index contributed by atoms with van der Waals surface area (Å²) in [7, 11) is 0. The highest BCUT2D eigenvalue weighted by atomic mass is 127. The summed E-state index contributed by atoms with van der Waals surface area (Å²) >= 11 is 3.86. The van der Waals surface area contributed by atoms with Gasteiger partial charge < -0.3 is 4.90 Å². The number of aryl methyl sites for hydroxylation is 1. The van der Waals surface area contributed by atoms with E-state index in [1.807, 2.05) is 29.7 Å². The SMILES string of the molecule is Cc1cc(C(F)(F)F)nn1CC(=O)N1CCC(c2nc(C3=CC(c4cccc(I)c4)ON3)cs2)CC1. The monoisotopic (exact) mass is 629 g/mol. The first-order chi connectivity index (χ1) is 17.2. The number of alkyl halides is 3. The first-order valence-electron chi connectivity index (χ1n) is 11.4. The molecule has 0 radical (unpaired) electrons. The molecule has 12 heteroatoms. The zero-order chi connectivity index (χ0) is 25.4. The molecule has 1 amide bonds. The smallest absolute Gasteiger partial charge is 0.341 e. The number of thiazole rings is 1. The van der Waals surface area contributed by atoms with Crippen molar-refractivity contribution in [2.24, 2.45) is 0 Å². The number of piperidine rings is 1. The molecule has 3 aromatic rings.